The van der Waals surface area contributed by atoms with Gasteiger partial charge in [-0.3, -0.25) is 4.79 Å². The van der Waals surface area contributed by atoms with Gasteiger partial charge >= 0.3 is 0 Å². The molecule has 2 heteroatoms. The van der Waals surface area contributed by atoms with Crippen molar-refractivity contribution in [2.24, 2.45) is 17.3 Å². The lowest BCUT2D eigenvalue weighted by molar-refractivity contribution is -0.123. The summed E-state index contributed by atoms with van der Waals surface area (Å²) in [7, 11) is 0. The summed E-state index contributed by atoms with van der Waals surface area (Å²) in [5.41, 5.74) is 0.198. The third-order valence-corrected chi connectivity index (χ3v) is 4.66. The first-order chi connectivity index (χ1) is 6.45. The van der Waals surface area contributed by atoms with Gasteiger partial charge in [-0.15, -0.1) is 0 Å². The fraction of sp³-hybridized carbons (Fsp3) is 0.917. The lowest BCUT2D eigenvalue weighted by Crippen LogP contribution is -2.49. The Morgan fingerprint density at radius 2 is 2.00 bits per heavy atom. The second-order valence-electron chi connectivity index (χ2n) is 5.50. The van der Waals surface area contributed by atoms with Gasteiger partial charge in [0, 0.05) is 16.9 Å². The van der Waals surface area contributed by atoms with Crippen LogP contribution in [0, 0.1) is 17.3 Å². The number of carbonyl (C=O) groups excluding carboxylic acids is 1. The molecule has 1 amide bonds. The molecule has 0 aromatic rings. The molecule has 1 aliphatic heterocycles. The summed E-state index contributed by atoms with van der Waals surface area (Å²) in [5.74, 6) is 1.22. The fourth-order valence-electron chi connectivity index (χ4n) is 3.81. The molecule has 2 fully saturated rings. The average Bonchev–Trinajstić information content (AvgIpc) is 2.85. The highest BCUT2D eigenvalue weighted by Gasteiger charge is 2.62. The van der Waals surface area contributed by atoms with Gasteiger partial charge in [-0.05, 0) is 39.0 Å². The molecule has 0 radical (unpaired) electrons. The Balaban J connectivity index is 2.41. The van der Waals surface area contributed by atoms with Crippen LogP contribution in [0.3, 0.4) is 0 Å². The molecule has 1 saturated carbocycles. The molecule has 2 unspecified atom stereocenters. The normalized spacial score (nSPS) is 41.1. The first-order valence-electron chi connectivity index (χ1n) is 5.77. The van der Waals surface area contributed by atoms with Crippen LogP contribution in [0.5, 0.6) is 0 Å². The number of hydrogen-bond donors (Lipinski definition) is 1. The summed E-state index contributed by atoms with van der Waals surface area (Å²) in [6.07, 6.45) is 3.75. The van der Waals surface area contributed by atoms with Crippen molar-refractivity contribution in [1.82, 2.24) is 5.32 Å². The molecule has 2 aliphatic rings. The van der Waals surface area contributed by atoms with Crippen LogP contribution in [0.25, 0.3) is 0 Å². The predicted molar refractivity (Wildman–Crippen MR) is 56.8 cm³/mol. The third-order valence-electron chi connectivity index (χ3n) is 4.66. The molecule has 0 spiro atoms. The Morgan fingerprint density at radius 1 is 1.43 bits per heavy atom. The van der Waals surface area contributed by atoms with Gasteiger partial charge in [0.25, 0.3) is 0 Å². The van der Waals surface area contributed by atoms with E-state index in [9.17, 15) is 4.79 Å². The third kappa shape index (κ3) is 0.999. The van der Waals surface area contributed by atoms with Gasteiger partial charge in [0.1, 0.15) is 0 Å². The Kier molecular flexibility index (Phi) is 1.96. The van der Waals surface area contributed by atoms with Crippen LogP contribution in [0.15, 0.2) is 0 Å². The number of nitrogens with one attached hydrogen (secondary N) is 1. The van der Waals surface area contributed by atoms with E-state index in [1.54, 1.807) is 0 Å². The van der Waals surface area contributed by atoms with E-state index in [-0.39, 0.29) is 22.8 Å². The number of rotatable bonds is 2. The molecule has 2 atom stereocenters. The van der Waals surface area contributed by atoms with Crippen molar-refractivity contribution in [3.05, 3.63) is 0 Å². The van der Waals surface area contributed by atoms with Gasteiger partial charge in [0.2, 0.25) is 5.91 Å². The predicted octanol–water partition coefficient (Wildman–Crippen LogP) is 2.34. The minimum atomic E-state index is -0.0145. The van der Waals surface area contributed by atoms with Gasteiger partial charge in [-0.1, -0.05) is 13.8 Å². The molecule has 1 heterocycles. The second kappa shape index (κ2) is 2.74. The zero-order valence-electron chi connectivity index (χ0n) is 9.68. The van der Waals surface area contributed by atoms with Crippen LogP contribution in [0.1, 0.15) is 47.0 Å². The summed E-state index contributed by atoms with van der Waals surface area (Å²) in [5, 5.41) is 3.17. The highest BCUT2D eigenvalue weighted by Crippen LogP contribution is 2.60. The van der Waals surface area contributed by atoms with E-state index in [0.717, 1.165) is 12.3 Å². The van der Waals surface area contributed by atoms with Crippen LogP contribution in [0.4, 0.5) is 0 Å². The second-order valence-corrected chi connectivity index (χ2v) is 5.50. The Hall–Kier alpha value is -0.530. The monoisotopic (exact) mass is 195 g/mol. The highest BCUT2D eigenvalue weighted by molar-refractivity contribution is 5.83. The minimum absolute atomic E-state index is 0.0145. The SMILES string of the molecule is CCC1(C2CC2)C(C)C(=O)NC1(C)C. The van der Waals surface area contributed by atoms with E-state index < -0.39 is 0 Å². The van der Waals surface area contributed by atoms with Crippen molar-refractivity contribution in [3.8, 4) is 0 Å². The van der Waals surface area contributed by atoms with Crippen molar-refractivity contribution >= 4 is 5.91 Å². The van der Waals surface area contributed by atoms with E-state index >= 15 is 0 Å². The molecule has 0 aromatic carbocycles. The molecule has 2 rings (SSSR count). The number of hydrogen-bond acceptors (Lipinski definition) is 1. The zero-order valence-corrected chi connectivity index (χ0v) is 9.68. The van der Waals surface area contributed by atoms with Crippen LogP contribution >= 0.6 is 0 Å². The zero-order chi connectivity index (χ0) is 10.6. The summed E-state index contributed by atoms with van der Waals surface area (Å²) in [6, 6.07) is 0. The molecule has 1 aliphatic carbocycles. The van der Waals surface area contributed by atoms with Crippen molar-refractivity contribution in [2.75, 3.05) is 0 Å². The van der Waals surface area contributed by atoms with Gasteiger partial charge in [-0.25, -0.2) is 0 Å². The molecular formula is C12H21NO. The highest BCUT2D eigenvalue weighted by atomic mass is 16.2. The van der Waals surface area contributed by atoms with E-state index in [0.29, 0.717) is 0 Å². The van der Waals surface area contributed by atoms with E-state index in [4.69, 9.17) is 0 Å². The van der Waals surface area contributed by atoms with Crippen molar-refractivity contribution in [1.29, 1.82) is 0 Å². The van der Waals surface area contributed by atoms with Gasteiger partial charge in [-0.2, -0.15) is 0 Å². The standard InChI is InChI=1S/C12H21NO/c1-5-12(9-6-7-9)8(2)10(14)13-11(12,3)4/h8-9H,5-7H2,1-4H3,(H,13,14). The first kappa shape index (κ1) is 10.0. The molecule has 2 nitrogen and oxygen atoms in total. The Morgan fingerprint density at radius 3 is 2.29 bits per heavy atom. The Bertz CT molecular complexity index is 267. The van der Waals surface area contributed by atoms with E-state index in [2.05, 4.69) is 33.0 Å². The first-order valence-corrected chi connectivity index (χ1v) is 5.77. The van der Waals surface area contributed by atoms with Crippen LogP contribution in [0.2, 0.25) is 0 Å². The molecule has 14 heavy (non-hydrogen) atoms. The number of carbonyl (C=O) groups is 1. The maximum Gasteiger partial charge on any atom is 0.223 e. The van der Waals surface area contributed by atoms with Crippen molar-refractivity contribution < 1.29 is 4.79 Å². The van der Waals surface area contributed by atoms with Crippen molar-refractivity contribution in [3.63, 3.8) is 0 Å². The topological polar surface area (TPSA) is 29.1 Å². The van der Waals surface area contributed by atoms with Gasteiger partial charge < -0.3 is 5.32 Å². The molecule has 80 valence electrons. The molecule has 0 bridgehead atoms. The summed E-state index contributed by atoms with van der Waals surface area (Å²) in [6.45, 7) is 8.72. The van der Waals surface area contributed by atoms with E-state index in [1.807, 2.05) is 0 Å². The number of amides is 1. The smallest absolute Gasteiger partial charge is 0.223 e. The van der Waals surface area contributed by atoms with Crippen LogP contribution in [-0.4, -0.2) is 11.4 Å². The minimum Gasteiger partial charge on any atom is -0.350 e. The molecule has 1 N–H and O–H groups in total. The summed E-state index contributed by atoms with van der Waals surface area (Å²) < 4.78 is 0. The molecular weight excluding hydrogens is 174 g/mol. The Labute approximate surface area is 86.5 Å². The van der Waals surface area contributed by atoms with Crippen LogP contribution < -0.4 is 5.32 Å². The summed E-state index contributed by atoms with van der Waals surface area (Å²) in [4.78, 5) is 11.8. The molecule has 1 saturated heterocycles. The average molecular weight is 195 g/mol. The maximum atomic E-state index is 11.8. The maximum absolute atomic E-state index is 11.8. The fourth-order valence-corrected chi connectivity index (χ4v) is 3.81. The van der Waals surface area contributed by atoms with Crippen molar-refractivity contribution in [2.45, 2.75) is 52.5 Å². The van der Waals surface area contributed by atoms with Gasteiger partial charge in [0.05, 0.1) is 0 Å². The van der Waals surface area contributed by atoms with E-state index in [1.165, 1.54) is 12.8 Å². The van der Waals surface area contributed by atoms with Crippen LogP contribution in [-0.2, 0) is 4.79 Å². The lowest BCUT2D eigenvalue weighted by atomic mass is 9.62. The largest absolute Gasteiger partial charge is 0.350 e. The lowest BCUT2D eigenvalue weighted by Gasteiger charge is -2.42. The summed E-state index contributed by atoms with van der Waals surface area (Å²) >= 11 is 0. The quantitative estimate of drug-likeness (QED) is 0.720. The molecule has 0 aromatic heterocycles. The van der Waals surface area contributed by atoms with Gasteiger partial charge in [0.15, 0.2) is 0 Å².